The predicted molar refractivity (Wildman–Crippen MR) is 64.5 cm³/mol. The molecular formula is C15H11NaO3. The molecule has 1 aliphatic heterocycles. The number of benzene rings is 2. The molecule has 0 fully saturated rings. The number of hydrogen-bond acceptors (Lipinski definition) is 3. The molecule has 2 aromatic carbocycles. The van der Waals surface area contributed by atoms with Crippen molar-refractivity contribution in [3.05, 3.63) is 59.2 Å². The van der Waals surface area contributed by atoms with E-state index in [0.29, 0.717) is 22.6 Å². The summed E-state index contributed by atoms with van der Waals surface area (Å²) in [6.07, 6.45) is 0. The third-order valence-corrected chi connectivity index (χ3v) is 3.26. The molecule has 0 amide bonds. The molecule has 4 heteroatoms. The molecule has 3 rings (SSSR count). The number of ether oxygens (including phenoxy) is 1. The molecule has 0 saturated heterocycles. The Balaban J connectivity index is 0.00000133. The van der Waals surface area contributed by atoms with Crippen LogP contribution in [0.3, 0.4) is 0 Å². The largest absolute Gasteiger partial charge is 1.00 e. The first-order valence-electron chi connectivity index (χ1n) is 5.75. The fourth-order valence-corrected chi connectivity index (χ4v) is 2.44. The van der Waals surface area contributed by atoms with Crippen LogP contribution >= 0.6 is 0 Å². The standard InChI is InChI=1S/C15H12O3.Na/c1-9-5-4-8-12-13(9)14(15(16)17)10-6-2-3-7-11(10)18-12;/h2-8,14H,1H3,(H,16,17);/q;+1/p-1. The summed E-state index contributed by atoms with van der Waals surface area (Å²) in [5, 5.41) is 11.5. The topological polar surface area (TPSA) is 49.4 Å². The van der Waals surface area contributed by atoms with Gasteiger partial charge in [0.15, 0.2) is 0 Å². The van der Waals surface area contributed by atoms with Gasteiger partial charge < -0.3 is 14.6 Å². The number of para-hydroxylation sites is 1. The summed E-state index contributed by atoms with van der Waals surface area (Å²) in [6.45, 7) is 1.88. The smallest absolute Gasteiger partial charge is 0.549 e. The molecule has 0 saturated carbocycles. The molecule has 0 N–H and O–H groups in total. The number of carboxylic acids is 1. The molecule has 0 aromatic heterocycles. The SMILES string of the molecule is Cc1cccc2c1C(C(=O)[O-])c1ccccc1O2.[Na+]. The van der Waals surface area contributed by atoms with E-state index in [1.165, 1.54) is 0 Å². The summed E-state index contributed by atoms with van der Waals surface area (Å²) in [7, 11) is 0. The normalized spacial score (nSPS) is 15.5. The second kappa shape index (κ2) is 5.37. The Morgan fingerprint density at radius 3 is 2.53 bits per heavy atom. The van der Waals surface area contributed by atoms with Gasteiger partial charge in [0.2, 0.25) is 0 Å². The van der Waals surface area contributed by atoms with Gasteiger partial charge >= 0.3 is 29.6 Å². The van der Waals surface area contributed by atoms with Crippen LogP contribution < -0.4 is 39.4 Å². The van der Waals surface area contributed by atoms with E-state index in [4.69, 9.17) is 4.74 Å². The molecule has 1 aliphatic rings. The van der Waals surface area contributed by atoms with Crippen LogP contribution in [0.1, 0.15) is 22.6 Å². The van der Waals surface area contributed by atoms with Crippen molar-refractivity contribution in [2.75, 3.05) is 0 Å². The second-order valence-corrected chi connectivity index (χ2v) is 4.38. The summed E-state index contributed by atoms with van der Waals surface area (Å²) in [5.74, 6) is -0.667. The fourth-order valence-electron chi connectivity index (χ4n) is 2.44. The molecule has 1 unspecified atom stereocenters. The number of aryl methyl sites for hydroxylation is 1. The number of carbonyl (C=O) groups excluding carboxylic acids is 1. The number of hydrogen-bond donors (Lipinski definition) is 0. The van der Waals surface area contributed by atoms with Gasteiger partial charge in [0, 0.05) is 11.1 Å². The minimum absolute atomic E-state index is 0. The summed E-state index contributed by atoms with van der Waals surface area (Å²) in [6, 6.07) is 12.7. The van der Waals surface area contributed by atoms with Crippen molar-refractivity contribution in [3.63, 3.8) is 0 Å². The zero-order valence-electron chi connectivity index (χ0n) is 10.8. The third kappa shape index (κ3) is 2.29. The van der Waals surface area contributed by atoms with Gasteiger partial charge in [0.1, 0.15) is 11.5 Å². The van der Waals surface area contributed by atoms with Gasteiger partial charge in [-0.1, -0.05) is 30.3 Å². The van der Waals surface area contributed by atoms with Gasteiger partial charge in [-0.15, -0.1) is 0 Å². The van der Waals surface area contributed by atoms with Gasteiger partial charge in [-0.2, -0.15) is 0 Å². The molecular weight excluding hydrogens is 251 g/mol. The van der Waals surface area contributed by atoms with E-state index in [1.54, 1.807) is 24.3 Å². The number of aliphatic carboxylic acids is 1. The van der Waals surface area contributed by atoms with Crippen LogP contribution in [0, 0.1) is 6.92 Å². The Hall–Kier alpha value is -1.29. The van der Waals surface area contributed by atoms with E-state index in [9.17, 15) is 9.90 Å². The number of carbonyl (C=O) groups is 1. The first-order chi connectivity index (χ1) is 8.68. The van der Waals surface area contributed by atoms with Gasteiger partial charge in [0.25, 0.3) is 0 Å². The van der Waals surface area contributed by atoms with Crippen LogP contribution in [-0.2, 0) is 4.79 Å². The van der Waals surface area contributed by atoms with E-state index in [-0.39, 0.29) is 29.6 Å². The molecule has 3 nitrogen and oxygen atoms in total. The molecule has 2 aromatic rings. The van der Waals surface area contributed by atoms with Crippen LogP contribution in [0.5, 0.6) is 11.5 Å². The van der Waals surface area contributed by atoms with Crippen molar-refractivity contribution in [1.82, 2.24) is 0 Å². The van der Waals surface area contributed by atoms with Crippen LogP contribution in [0.25, 0.3) is 0 Å². The van der Waals surface area contributed by atoms with Crippen molar-refractivity contribution < 1.29 is 44.2 Å². The molecule has 0 bridgehead atoms. The zero-order valence-corrected chi connectivity index (χ0v) is 12.8. The molecule has 0 radical (unpaired) electrons. The molecule has 1 heterocycles. The third-order valence-electron chi connectivity index (χ3n) is 3.26. The maximum atomic E-state index is 11.5. The minimum Gasteiger partial charge on any atom is -0.549 e. The van der Waals surface area contributed by atoms with Gasteiger partial charge in [0.05, 0.1) is 11.9 Å². The average molecular weight is 262 g/mol. The summed E-state index contributed by atoms with van der Waals surface area (Å²) >= 11 is 0. The van der Waals surface area contributed by atoms with Gasteiger partial charge in [-0.3, -0.25) is 0 Å². The Bertz CT molecular complexity index is 637. The summed E-state index contributed by atoms with van der Waals surface area (Å²) < 4.78 is 5.75. The predicted octanol–water partition coefficient (Wildman–Crippen LogP) is -1.01. The average Bonchev–Trinajstić information content (AvgIpc) is 2.36. The molecule has 19 heavy (non-hydrogen) atoms. The van der Waals surface area contributed by atoms with Crippen molar-refractivity contribution in [3.8, 4) is 11.5 Å². The summed E-state index contributed by atoms with van der Waals surface area (Å²) in [4.78, 5) is 11.5. The van der Waals surface area contributed by atoms with E-state index in [2.05, 4.69) is 0 Å². The number of rotatable bonds is 1. The summed E-state index contributed by atoms with van der Waals surface area (Å²) in [5.41, 5.74) is 2.24. The fraction of sp³-hybridized carbons (Fsp3) is 0.133. The van der Waals surface area contributed by atoms with E-state index < -0.39 is 11.9 Å². The second-order valence-electron chi connectivity index (χ2n) is 4.38. The van der Waals surface area contributed by atoms with Gasteiger partial charge in [-0.25, -0.2) is 0 Å². The first-order valence-corrected chi connectivity index (χ1v) is 5.75. The maximum absolute atomic E-state index is 11.5. The van der Waals surface area contributed by atoms with Crippen LogP contribution in [-0.4, -0.2) is 5.97 Å². The Morgan fingerprint density at radius 1 is 1.11 bits per heavy atom. The van der Waals surface area contributed by atoms with Crippen molar-refractivity contribution in [1.29, 1.82) is 0 Å². The number of fused-ring (bicyclic) bond motifs is 2. The Morgan fingerprint density at radius 2 is 1.79 bits per heavy atom. The van der Waals surface area contributed by atoms with Crippen LogP contribution in [0.4, 0.5) is 0 Å². The van der Waals surface area contributed by atoms with Crippen molar-refractivity contribution in [2.24, 2.45) is 0 Å². The van der Waals surface area contributed by atoms with Crippen LogP contribution in [0.15, 0.2) is 42.5 Å². The maximum Gasteiger partial charge on any atom is 1.00 e. The first kappa shape index (κ1) is 14.1. The zero-order chi connectivity index (χ0) is 12.7. The molecule has 0 spiro atoms. The van der Waals surface area contributed by atoms with E-state index in [0.717, 1.165) is 5.56 Å². The van der Waals surface area contributed by atoms with Crippen molar-refractivity contribution in [2.45, 2.75) is 12.8 Å². The Kier molecular flexibility index (Phi) is 3.99. The quantitative estimate of drug-likeness (QED) is 0.619. The van der Waals surface area contributed by atoms with E-state index >= 15 is 0 Å². The minimum atomic E-state index is -1.10. The number of carboxylic acid groups (broad SMARTS) is 1. The van der Waals surface area contributed by atoms with Crippen molar-refractivity contribution >= 4 is 5.97 Å². The Labute approximate surface area is 133 Å². The molecule has 90 valence electrons. The van der Waals surface area contributed by atoms with Crippen LogP contribution in [0.2, 0.25) is 0 Å². The van der Waals surface area contributed by atoms with Gasteiger partial charge in [-0.05, 0) is 24.6 Å². The van der Waals surface area contributed by atoms with E-state index in [1.807, 2.05) is 25.1 Å². The monoisotopic (exact) mass is 262 g/mol. The molecule has 0 aliphatic carbocycles. The molecule has 1 atom stereocenters.